The predicted molar refractivity (Wildman–Crippen MR) is 127 cm³/mol. The van der Waals surface area contributed by atoms with Gasteiger partial charge in [-0.2, -0.15) is 0 Å². The molecule has 0 spiro atoms. The molecule has 2 aliphatic carbocycles. The van der Waals surface area contributed by atoms with Gasteiger partial charge in [0.15, 0.2) is 0 Å². The van der Waals surface area contributed by atoms with Crippen LogP contribution in [0.25, 0.3) is 10.9 Å². The number of carbonyl (C=O) groups excluding carboxylic acids is 1. The summed E-state index contributed by atoms with van der Waals surface area (Å²) in [4.78, 5) is 21.6. The van der Waals surface area contributed by atoms with Gasteiger partial charge in [0.2, 0.25) is 5.91 Å². The molecule has 2 aliphatic rings. The molecule has 3 unspecified atom stereocenters. The lowest BCUT2D eigenvalue weighted by Gasteiger charge is -2.31. The van der Waals surface area contributed by atoms with Crippen molar-refractivity contribution in [2.75, 3.05) is 5.32 Å². The molecular formula is C27H27FN4O. The van der Waals surface area contributed by atoms with Gasteiger partial charge in [-0.1, -0.05) is 5.92 Å². The minimum atomic E-state index is -0.987. The third-order valence-corrected chi connectivity index (χ3v) is 7.70. The van der Waals surface area contributed by atoms with E-state index in [9.17, 15) is 9.18 Å². The molecule has 0 saturated heterocycles. The molecule has 6 heteroatoms. The Morgan fingerprint density at radius 3 is 2.58 bits per heavy atom. The normalized spacial score (nSPS) is 25.9. The number of anilines is 1. The second-order valence-corrected chi connectivity index (χ2v) is 9.73. The topological polar surface area (TPSA) is 80.9 Å². The maximum atomic E-state index is 13.9. The molecule has 0 radical (unpaired) electrons. The zero-order valence-corrected chi connectivity index (χ0v) is 18.6. The molecular weight excluding hydrogens is 415 g/mol. The fourth-order valence-corrected chi connectivity index (χ4v) is 5.85. The largest absolute Gasteiger partial charge is 0.317 e. The van der Waals surface area contributed by atoms with E-state index >= 15 is 0 Å². The van der Waals surface area contributed by atoms with Gasteiger partial charge in [-0.25, -0.2) is 9.37 Å². The number of terminal acetylenes is 1. The van der Waals surface area contributed by atoms with Gasteiger partial charge in [0.05, 0.1) is 11.1 Å². The Morgan fingerprint density at radius 1 is 1.15 bits per heavy atom. The SMILES string of the molecule is C#Cc1ccc(NC(=O)C(C)(N)C2C[C@H]3CC(c4ccnc5ccc(F)cc45)C[C@H]3C2)nc1. The van der Waals surface area contributed by atoms with E-state index in [1.54, 1.807) is 30.5 Å². The van der Waals surface area contributed by atoms with Crippen molar-refractivity contribution < 1.29 is 9.18 Å². The maximum Gasteiger partial charge on any atom is 0.245 e. The molecule has 5 nitrogen and oxygen atoms in total. The monoisotopic (exact) mass is 442 g/mol. The quantitative estimate of drug-likeness (QED) is 0.578. The van der Waals surface area contributed by atoms with Crippen LogP contribution in [0.3, 0.4) is 0 Å². The number of nitrogens with zero attached hydrogens (tertiary/aromatic N) is 2. The van der Waals surface area contributed by atoms with Crippen molar-refractivity contribution in [2.24, 2.45) is 23.5 Å². The number of aromatic nitrogens is 2. The summed E-state index contributed by atoms with van der Waals surface area (Å²) in [5.41, 5.74) is 8.27. The highest BCUT2D eigenvalue weighted by atomic mass is 19.1. The van der Waals surface area contributed by atoms with Crippen molar-refractivity contribution in [3.8, 4) is 12.3 Å². The van der Waals surface area contributed by atoms with Gasteiger partial charge in [-0.15, -0.1) is 6.42 Å². The van der Waals surface area contributed by atoms with E-state index < -0.39 is 5.54 Å². The summed E-state index contributed by atoms with van der Waals surface area (Å²) < 4.78 is 13.9. The Kier molecular flexibility index (Phi) is 5.38. The third-order valence-electron chi connectivity index (χ3n) is 7.70. The Morgan fingerprint density at radius 2 is 1.91 bits per heavy atom. The van der Waals surface area contributed by atoms with Crippen molar-refractivity contribution in [2.45, 2.75) is 44.1 Å². The van der Waals surface area contributed by atoms with Crippen molar-refractivity contribution >= 4 is 22.6 Å². The number of nitrogens with two attached hydrogens (primary N) is 1. The van der Waals surface area contributed by atoms with Crippen LogP contribution in [-0.2, 0) is 4.79 Å². The van der Waals surface area contributed by atoms with Crippen LogP contribution in [0, 0.1) is 35.9 Å². The summed E-state index contributed by atoms with van der Waals surface area (Å²) in [5, 5.41) is 3.76. The van der Waals surface area contributed by atoms with Gasteiger partial charge in [-0.05, 0) is 98.2 Å². The summed E-state index contributed by atoms with van der Waals surface area (Å²) in [6.45, 7) is 1.82. The maximum absolute atomic E-state index is 13.9. The van der Waals surface area contributed by atoms with E-state index in [0.29, 0.717) is 29.1 Å². The lowest BCUT2D eigenvalue weighted by Crippen LogP contribution is -2.53. The van der Waals surface area contributed by atoms with Crippen molar-refractivity contribution in [1.82, 2.24) is 9.97 Å². The molecule has 1 amide bonds. The van der Waals surface area contributed by atoms with Crippen LogP contribution in [0.2, 0.25) is 0 Å². The molecule has 0 aliphatic heterocycles. The van der Waals surface area contributed by atoms with E-state index in [2.05, 4.69) is 21.2 Å². The average Bonchev–Trinajstić information content (AvgIpc) is 3.39. The number of benzene rings is 1. The second kappa shape index (κ2) is 8.24. The number of carbonyl (C=O) groups is 1. The predicted octanol–water partition coefficient (Wildman–Crippen LogP) is 4.63. The first-order valence-corrected chi connectivity index (χ1v) is 11.4. The van der Waals surface area contributed by atoms with E-state index in [1.165, 1.54) is 11.6 Å². The van der Waals surface area contributed by atoms with Gasteiger partial charge in [0.25, 0.3) is 0 Å². The highest BCUT2D eigenvalue weighted by molar-refractivity contribution is 5.97. The average molecular weight is 443 g/mol. The van der Waals surface area contributed by atoms with E-state index in [0.717, 1.165) is 36.6 Å². The van der Waals surface area contributed by atoms with Crippen molar-refractivity contribution in [3.63, 3.8) is 0 Å². The van der Waals surface area contributed by atoms with Gasteiger partial charge in [0, 0.05) is 23.3 Å². The van der Waals surface area contributed by atoms with Crippen LogP contribution in [-0.4, -0.2) is 21.4 Å². The van der Waals surface area contributed by atoms with Gasteiger partial charge < -0.3 is 11.1 Å². The fraction of sp³-hybridized carbons (Fsp3) is 0.370. The van der Waals surface area contributed by atoms with Gasteiger partial charge in [0.1, 0.15) is 11.6 Å². The van der Waals surface area contributed by atoms with Crippen LogP contribution in [0.1, 0.15) is 49.7 Å². The van der Waals surface area contributed by atoms with Crippen molar-refractivity contribution in [3.05, 3.63) is 65.7 Å². The minimum absolute atomic E-state index is 0.102. The lowest BCUT2D eigenvalue weighted by molar-refractivity contribution is -0.122. The molecule has 0 bridgehead atoms. The molecule has 5 rings (SSSR count). The molecule has 3 N–H and O–H groups in total. The second-order valence-electron chi connectivity index (χ2n) is 9.73. The molecule has 2 heterocycles. The summed E-state index contributed by atoms with van der Waals surface area (Å²) >= 11 is 0. The summed E-state index contributed by atoms with van der Waals surface area (Å²) in [6.07, 6.45) is 12.6. The number of rotatable bonds is 4. The Bertz CT molecular complexity index is 1230. The van der Waals surface area contributed by atoms with E-state index in [1.807, 2.05) is 19.2 Å². The zero-order valence-electron chi connectivity index (χ0n) is 18.6. The van der Waals surface area contributed by atoms with Crippen LogP contribution >= 0.6 is 0 Å². The number of nitrogens with one attached hydrogen (secondary N) is 1. The molecule has 3 aromatic rings. The van der Waals surface area contributed by atoms with Gasteiger partial charge in [-0.3, -0.25) is 9.78 Å². The van der Waals surface area contributed by atoms with E-state index in [-0.39, 0.29) is 17.6 Å². The molecule has 2 aromatic heterocycles. The number of hydrogen-bond acceptors (Lipinski definition) is 4. The van der Waals surface area contributed by atoms with Gasteiger partial charge >= 0.3 is 0 Å². The molecule has 1 aromatic carbocycles. The Labute approximate surface area is 193 Å². The van der Waals surface area contributed by atoms with Crippen molar-refractivity contribution in [1.29, 1.82) is 0 Å². The molecule has 33 heavy (non-hydrogen) atoms. The van der Waals surface area contributed by atoms with E-state index in [4.69, 9.17) is 12.2 Å². The summed E-state index contributed by atoms with van der Waals surface area (Å²) in [5.74, 6) is 4.02. The first-order valence-electron chi connectivity index (χ1n) is 11.4. The zero-order chi connectivity index (χ0) is 23.2. The first kappa shape index (κ1) is 21.5. The lowest BCUT2D eigenvalue weighted by atomic mass is 9.81. The van der Waals surface area contributed by atoms with Crippen LogP contribution in [0.5, 0.6) is 0 Å². The summed E-state index contributed by atoms with van der Waals surface area (Å²) in [7, 11) is 0. The molecule has 2 saturated carbocycles. The third kappa shape index (κ3) is 3.98. The summed E-state index contributed by atoms with van der Waals surface area (Å²) in [6, 6.07) is 10.3. The fourth-order valence-electron chi connectivity index (χ4n) is 5.85. The molecule has 2 fully saturated rings. The van der Waals surface area contributed by atoms with Crippen LogP contribution < -0.4 is 11.1 Å². The smallest absolute Gasteiger partial charge is 0.245 e. The number of amides is 1. The number of hydrogen-bond donors (Lipinski definition) is 2. The Balaban J connectivity index is 1.27. The highest BCUT2D eigenvalue weighted by Crippen LogP contribution is 2.55. The van der Waals surface area contributed by atoms with Crippen LogP contribution in [0.15, 0.2) is 48.8 Å². The molecule has 168 valence electrons. The molecule has 5 atom stereocenters. The number of fused-ring (bicyclic) bond motifs is 2. The highest BCUT2D eigenvalue weighted by Gasteiger charge is 2.49. The minimum Gasteiger partial charge on any atom is -0.317 e. The number of pyridine rings is 2. The van der Waals surface area contributed by atoms with Crippen LogP contribution in [0.4, 0.5) is 10.2 Å². The first-order chi connectivity index (χ1) is 15.8. The standard InChI is InChI=1S/C27H27FN4O/c1-3-16-4-7-25(31-15-16)32-26(33)27(2,29)20-12-17-10-19(11-18(17)13-20)22-8-9-30-24-6-5-21(28)14-23(22)24/h1,4-9,14-15,17-20H,10-13,29H2,2H3,(H,31,32,33)/t17-,18+,19?,20?,27?. The Hall–Kier alpha value is -3.30. The number of halogens is 1.